The third kappa shape index (κ3) is 2.48. The molecule has 0 bridgehead atoms. The van der Waals surface area contributed by atoms with Gasteiger partial charge in [0.25, 0.3) is 0 Å². The van der Waals surface area contributed by atoms with Crippen LogP contribution in [0.25, 0.3) is 0 Å². The summed E-state index contributed by atoms with van der Waals surface area (Å²) in [6.45, 7) is 9.94. The van der Waals surface area contributed by atoms with Crippen LogP contribution in [0.5, 0.6) is 0 Å². The third-order valence-electron chi connectivity index (χ3n) is 4.23. The molecule has 4 nitrogen and oxygen atoms in total. The molecule has 0 radical (unpaired) electrons. The molecule has 0 N–H and O–H groups in total. The number of hydrogen-bond acceptors (Lipinski definition) is 3. The zero-order valence-electron chi connectivity index (χ0n) is 11.7. The van der Waals surface area contributed by atoms with Gasteiger partial charge in [-0.1, -0.05) is 0 Å². The van der Waals surface area contributed by atoms with E-state index in [0.29, 0.717) is 11.8 Å². The highest BCUT2D eigenvalue weighted by Gasteiger charge is 2.45. The van der Waals surface area contributed by atoms with Crippen molar-refractivity contribution in [2.24, 2.45) is 11.8 Å². The molecule has 0 aromatic rings. The molecule has 3 fully saturated rings. The third-order valence-corrected chi connectivity index (χ3v) is 4.23. The van der Waals surface area contributed by atoms with E-state index >= 15 is 0 Å². The molecule has 2 heterocycles. The smallest absolute Gasteiger partial charge is 0.410 e. The lowest BCUT2D eigenvalue weighted by atomic mass is 10.0. The molecule has 2 atom stereocenters. The van der Waals surface area contributed by atoms with Crippen molar-refractivity contribution in [3.63, 3.8) is 0 Å². The number of hydrogen-bond donors (Lipinski definition) is 0. The molecule has 1 saturated carbocycles. The normalized spacial score (nSPS) is 32.7. The first-order chi connectivity index (χ1) is 8.42. The minimum atomic E-state index is -0.380. The zero-order valence-corrected chi connectivity index (χ0v) is 11.7. The molecule has 3 rings (SSSR count). The number of rotatable bonds is 1. The lowest BCUT2D eigenvalue weighted by Crippen LogP contribution is -2.37. The van der Waals surface area contributed by atoms with E-state index in [4.69, 9.17) is 4.74 Å². The molecule has 1 amide bonds. The fourth-order valence-corrected chi connectivity index (χ4v) is 3.24. The van der Waals surface area contributed by atoms with Crippen molar-refractivity contribution in [2.45, 2.75) is 45.3 Å². The van der Waals surface area contributed by atoms with E-state index in [1.807, 2.05) is 25.7 Å². The summed E-state index contributed by atoms with van der Waals surface area (Å²) >= 11 is 0. The summed E-state index contributed by atoms with van der Waals surface area (Å²) in [5, 5.41) is 0. The molecule has 0 aromatic heterocycles. The van der Waals surface area contributed by atoms with E-state index in [9.17, 15) is 4.79 Å². The molecule has 1 aliphatic carbocycles. The molecule has 2 aliphatic heterocycles. The van der Waals surface area contributed by atoms with Crippen molar-refractivity contribution >= 4 is 6.09 Å². The monoisotopic (exact) mass is 252 g/mol. The average molecular weight is 252 g/mol. The summed E-state index contributed by atoms with van der Waals surface area (Å²) in [7, 11) is 0. The zero-order chi connectivity index (χ0) is 12.9. The highest BCUT2D eigenvalue weighted by atomic mass is 16.6. The van der Waals surface area contributed by atoms with E-state index in [-0.39, 0.29) is 11.7 Å². The van der Waals surface area contributed by atoms with Gasteiger partial charge in [0.15, 0.2) is 0 Å². The second-order valence-corrected chi connectivity index (χ2v) is 7.09. The van der Waals surface area contributed by atoms with Gasteiger partial charge >= 0.3 is 6.09 Å². The molecule has 0 unspecified atom stereocenters. The SMILES string of the molecule is CC(C)(C)OC(=O)N1C[C@@H]2CN(C3CC3)C[C@@H]2C1. The van der Waals surface area contributed by atoms with E-state index in [1.165, 1.54) is 25.9 Å². The quantitative estimate of drug-likeness (QED) is 0.715. The lowest BCUT2D eigenvalue weighted by Gasteiger charge is -2.26. The van der Waals surface area contributed by atoms with E-state index < -0.39 is 0 Å². The maximum atomic E-state index is 12.0. The van der Waals surface area contributed by atoms with Gasteiger partial charge in [-0.15, -0.1) is 0 Å². The first kappa shape index (κ1) is 12.3. The van der Waals surface area contributed by atoms with Gasteiger partial charge in [-0.05, 0) is 45.4 Å². The Bertz CT molecular complexity index is 332. The van der Waals surface area contributed by atoms with Crippen LogP contribution in [0, 0.1) is 11.8 Å². The first-order valence-corrected chi connectivity index (χ1v) is 7.14. The number of carbonyl (C=O) groups is 1. The summed E-state index contributed by atoms with van der Waals surface area (Å²) in [5.74, 6) is 1.36. The Morgan fingerprint density at radius 3 is 2.06 bits per heavy atom. The first-order valence-electron chi connectivity index (χ1n) is 7.14. The summed E-state index contributed by atoms with van der Waals surface area (Å²) in [5.41, 5.74) is -0.380. The Morgan fingerprint density at radius 2 is 1.61 bits per heavy atom. The molecular weight excluding hydrogens is 228 g/mol. The standard InChI is InChI=1S/C14H24N2O2/c1-14(2,3)18-13(17)16-8-10-6-15(12-4-5-12)7-11(10)9-16/h10-12H,4-9H2,1-3H3/t10-,11+. The van der Waals surface area contributed by atoms with E-state index in [1.54, 1.807) is 0 Å². The van der Waals surface area contributed by atoms with Crippen molar-refractivity contribution in [1.82, 2.24) is 9.80 Å². The Hall–Kier alpha value is -0.770. The van der Waals surface area contributed by atoms with Gasteiger partial charge in [-0.3, -0.25) is 4.90 Å². The van der Waals surface area contributed by atoms with Gasteiger partial charge in [-0.25, -0.2) is 4.79 Å². The van der Waals surface area contributed by atoms with Crippen molar-refractivity contribution in [2.75, 3.05) is 26.2 Å². The van der Waals surface area contributed by atoms with Crippen molar-refractivity contribution in [3.05, 3.63) is 0 Å². The van der Waals surface area contributed by atoms with Crippen LogP contribution in [0.2, 0.25) is 0 Å². The predicted molar refractivity (Wildman–Crippen MR) is 69.4 cm³/mol. The maximum absolute atomic E-state index is 12.0. The fourth-order valence-electron chi connectivity index (χ4n) is 3.24. The summed E-state index contributed by atoms with van der Waals surface area (Å²) in [6.07, 6.45) is 2.64. The Morgan fingerprint density at radius 1 is 1.06 bits per heavy atom. The second kappa shape index (κ2) is 4.12. The van der Waals surface area contributed by atoms with Crippen LogP contribution in [0.4, 0.5) is 4.79 Å². The Labute approximate surface area is 109 Å². The minimum absolute atomic E-state index is 0.130. The van der Waals surface area contributed by atoms with Gasteiger partial charge in [0.1, 0.15) is 5.60 Å². The summed E-state index contributed by atoms with van der Waals surface area (Å²) in [6, 6.07) is 0.866. The van der Waals surface area contributed by atoms with Crippen LogP contribution in [0.1, 0.15) is 33.6 Å². The number of ether oxygens (including phenoxy) is 1. The minimum Gasteiger partial charge on any atom is -0.444 e. The van der Waals surface area contributed by atoms with Gasteiger partial charge in [0.2, 0.25) is 0 Å². The number of nitrogens with zero attached hydrogens (tertiary/aromatic N) is 2. The lowest BCUT2D eigenvalue weighted by molar-refractivity contribution is 0.0274. The van der Waals surface area contributed by atoms with Crippen LogP contribution >= 0.6 is 0 Å². The number of amides is 1. The highest BCUT2D eigenvalue weighted by Crippen LogP contribution is 2.38. The second-order valence-electron chi connectivity index (χ2n) is 7.09. The van der Waals surface area contributed by atoms with Crippen molar-refractivity contribution < 1.29 is 9.53 Å². The van der Waals surface area contributed by atoms with Crippen LogP contribution in [-0.2, 0) is 4.74 Å². The van der Waals surface area contributed by atoms with Crippen LogP contribution < -0.4 is 0 Å². The van der Waals surface area contributed by atoms with Crippen molar-refractivity contribution in [1.29, 1.82) is 0 Å². The van der Waals surface area contributed by atoms with Crippen LogP contribution in [-0.4, -0.2) is 53.7 Å². The molecule has 18 heavy (non-hydrogen) atoms. The van der Waals surface area contributed by atoms with Crippen LogP contribution in [0.3, 0.4) is 0 Å². The number of fused-ring (bicyclic) bond motifs is 1. The maximum Gasteiger partial charge on any atom is 0.410 e. The van der Waals surface area contributed by atoms with Gasteiger partial charge in [-0.2, -0.15) is 0 Å². The van der Waals surface area contributed by atoms with Gasteiger partial charge < -0.3 is 9.64 Å². The number of likely N-dealkylation sites (tertiary alicyclic amines) is 2. The average Bonchev–Trinajstić information content (AvgIpc) is 2.86. The van der Waals surface area contributed by atoms with Gasteiger partial charge in [0.05, 0.1) is 0 Å². The molecule has 102 valence electrons. The van der Waals surface area contributed by atoms with Gasteiger partial charge in [0, 0.05) is 32.2 Å². The molecule has 0 aromatic carbocycles. The molecule has 4 heteroatoms. The molecular formula is C14H24N2O2. The van der Waals surface area contributed by atoms with Crippen molar-refractivity contribution in [3.8, 4) is 0 Å². The van der Waals surface area contributed by atoms with Crippen LogP contribution in [0.15, 0.2) is 0 Å². The Balaban J connectivity index is 1.53. The highest BCUT2D eigenvalue weighted by molar-refractivity contribution is 5.68. The van der Waals surface area contributed by atoms with E-state index in [0.717, 1.165) is 19.1 Å². The van der Waals surface area contributed by atoms with E-state index in [2.05, 4.69) is 4.90 Å². The fraction of sp³-hybridized carbons (Fsp3) is 0.929. The Kier molecular flexibility index (Phi) is 2.81. The molecule has 2 saturated heterocycles. The largest absolute Gasteiger partial charge is 0.444 e. The molecule has 3 aliphatic rings. The topological polar surface area (TPSA) is 32.8 Å². The summed E-state index contributed by atoms with van der Waals surface area (Å²) in [4.78, 5) is 16.5. The molecule has 0 spiro atoms. The number of carbonyl (C=O) groups excluding carboxylic acids is 1. The summed E-state index contributed by atoms with van der Waals surface area (Å²) < 4.78 is 5.45. The predicted octanol–water partition coefficient (Wildman–Crippen LogP) is 1.95.